The van der Waals surface area contributed by atoms with Crippen LogP contribution in [0, 0.1) is 0 Å². The molecule has 0 aromatic rings. The number of hydrogen-bond donors (Lipinski definition) is 0. The van der Waals surface area contributed by atoms with Gasteiger partial charge in [0.25, 0.3) is 0 Å². The maximum Gasteiger partial charge on any atom is 0.519 e. The first-order valence-corrected chi connectivity index (χ1v) is 25.7. The van der Waals surface area contributed by atoms with Crippen molar-refractivity contribution in [3.8, 4) is 0 Å². The van der Waals surface area contributed by atoms with Crippen LogP contribution in [0.25, 0.3) is 0 Å². The van der Waals surface area contributed by atoms with Gasteiger partial charge in [-0.2, -0.15) is 0 Å². The monoisotopic (exact) mass is 756 g/mol. The van der Waals surface area contributed by atoms with Crippen LogP contribution in [0.2, 0.25) is 0 Å². The molecule has 13 heteroatoms. The summed E-state index contributed by atoms with van der Waals surface area (Å²) in [5.74, 6) is 0. The Kier molecular flexibility index (Phi) is 29.8. The molecule has 0 aromatic carbocycles. The van der Waals surface area contributed by atoms with E-state index < -0.39 is 26.4 Å². The SMILES string of the molecule is CCCO[Si](OCCC)(OCCC)C(CC)N(C(CC)[Si](OCCC)(OCCC)OCCC)C(CC)[Si](OCCC)(OCCC)OCCC. The molecule has 0 radical (unpaired) electrons. The fraction of sp³-hybridized carbons (Fsp3) is 1.00. The molecular weight excluding hydrogens is 675 g/mol. The highest BCUT2D eigenvalue weighted by Crippen LogP contribution is 2.38. The Morgan fingerprint density at radius 2 is 0.429 bits per heavy atom. The van der Waals surface area contributed by atoms with Crippen molar-refractivity contribution >= 4 is 26.4 Å². The average molecular weight is 756 g/mol. The van der Waals surface area contributed by atoms with Gasteiger partial charge in [0.15, 0.2) is 0 Å². The van der Waals surface area contributed by atoms with Crippen molar-refractivity contribution in [1.29, 1.82) is 0 Å². The fourth-order valence-corrected chi connectivity index (χ4v) is 17.0. The lowest BCUT2D eigenvalue weighted by atomic mass is 10.3. The summed E-state index contributed by atoms with van der Waals surface area (Å²) in [5, 5.41) is 0. The number of hydrogen-bond acceptors (Lipinski definition) is 10. The topological polar surface area (TPSA) is 86.3 Å². The van der Waals surface area contributed by atoms with Crippen LogP contribution in [-0.4, -0.2) is 108 Å². The lowest BCUT2D eigenvalue weighted by molar-refractivity contribution is -0.0324. The van der Waals surface area contributed by atoms with Gasteiger partial charge in [0, 0.05) is 59.5 Å². The van der Waals surface area contributed by atoms with Crippen molar-refractivity contribution in [3.63, 3.8) is 0 Å². The molecule has 3 atom stereocenters. The third-order valence-electron chi connectivity index (χ3n) is 8.03. The van der Waals surface area contributed by atoms with E-state index in [2.05, 4.69) is 88.0 Å². The van der Waals surface area contributed by atoms with Gasteiger partial charge in [-0.1, -0.05) is 83.1 Å². The van der Waals surface area contributed by atoms with E-state index in [0.29, 0.717) is 59.5 Å². The molecule has 0 rings (SSSR count). The minimum atomic E-state index is -3.42. The predicted molar refractivity (Wildman–Crippen MR) is 208 cm³/mol. The van der Waals surface area contributed by atoms with Crippen LogP contribution in [0.4, 0.5) is 0 Å². The Morgan fingerprint density at radius 1 is 0.286 bits per heavy atom. The van der Waals surface area contributed by atoms with Gasteiger partial charge in [-0.05, 0) is 77.0 Å². The molecule has 3 unspecified atom stereocenters. The van der Waals surface area contributed by atoms with Crippen LogP contribution in [0.3, 0.4) is 0 Å². The Bertz CT molecular complexity index is 598. The fourth-order valence-electron chi connectivity index (χ4n) is 6.02. The largest absolute Gasteiger partial charge is 0.519 e. The van der Waals surface area contributed by atoms with Gasteiger partial charge in [0.05, 0.1) is 17.0 Å². The minimum absolute atomic E-state index is 0.243. The maximum absolute atomic E-state index is 6.96. The first kappa shape index (κ1) is 49.3. The van der Waals surface area contributed by atoms with Crippen molar-refractivity contribution in [2.45, 2.75) is 177 Å². The van der Waals surface area contributed by atoms with Crippen LogP contribution in [0.15, 0.2) is 0 Å². The molecule has 0 heterocycles. The second kappa shape index (κ2) is 29.7. The zero-order chi connectivity index (χ0) is 37.0. The van der Waals surface area contributed by atoms with E-state index in [1.54, 1.807) is 0 Å². The summed E-state index contributed by atoms with van der Waals surface area (Å²) in [6.07, 6.45) is 9.94. The van der Waals surface area contributed by atoms with E-state index in [4.69, 9.17) is 39.8 Å². The van der Waals surface area contributed by atoms with Crippen LogP contribution < -0.4 is 0 Å². The molecule has 0 spiro atoms. The maximum atomic E-state index is 6.96. The summed E-state index contributed by atoms with van der Waals surface area (Å²) < 4.78 is 62.6. The second-order valence-electron chi connectivity index (χ2n) is 12.7. The van der Waals surface area contributed by atoms with Crippen LogP contribution >= 0.6 is 0 Å². The van der Waals surface area contributed by atoms with Gasteiger partial charge in [-0.25, -0.2) is 0 Å². The second-order valence-corrected chi connectivity index (χ2v) is 20.9. The first-order chi connectivity index (χ1) is 23.8. The van der Waals surface area contributed by atoms with Crippen molar-refractivity contribution in [1.82, 2.24) is 4.90 Å². The highest BCUT2D eigenvalue weighted by Gasteiger charge is 2.65. The summed E-state index contributed by atoms with van der Waals surface area (Å²) in [7, 11) is -10.3. The third-order valence-corrected chi connectivity index (χ3v) is 18.1. The van der Waals surface area contributed by atoms with Gasteiger partial charge >= 0.3 is 26.4 Å². The van der Waals surface area contributed by atoms with Crippen molar-refractivity contribution in [2.24, 2.45) is 0 Å². The zero-order valence-electron chi connectivity index (χ0n) is 34.2. The van der Waals surface area contributed by atoms with Crippen molar-refractivity contribution < 1.29 is 39.8 Å². The summed E-state index contributed by atoms with van der Waals surface area (Å²) in [5.41, 5.74) is -0.730. The van der Waals surface area contributed by atoms with Gasteiger partial charge < -0.3 is 39.8 Å². The molecule has 0 saturated carbocycles. The van der Waals surface area contributed by atoms with E-state index in [0.717, 1.165) is 77.0 Å². The Balaban J connectivity index is 8.29. The molecule has 296 valence electrons. The standard InChI is InChI=1S/C36H81NO9Si3/c1-13-25-38-47(39-26-14-2,40-27-15-3)34(22-10)37(35(23-11)48(41-28-16-4,42-29-17-5)43-30-18-6)36(24-12)49(44-31-19-7,45-32-20-8)46-33-21-9/h34-36H,13-33H2,1-12H3. The third kappa shape index (κ3) is 15.6. The molecule has 0 bridgehead atoms. The van der Waals surface area contributed by atoms with Gasteiger partial charge in [-0.3, -0.25) is 4.90 Å². The van der Waals surface area contributed by atoms with Gasteiger partial charge in [0.1, 0.15) is 0 Å². The smallest absolute Gasteiger partial charge is 0.373 e. The van der Waals surface area contributed by atoms with E-state index in [1.165, 1.54) is 0 Å². The quantitative estimate of drug-likeness (QED) is 0.0578. The molecule has 0 N–H and O–H groups in total. The summed E-state index contributed by atoms with van der Waals surface area (Å²) >= 11 is 0. The lowest BCUT2D eigenvalue weighted by Gasteiger charge is -2.53. The predicted octanol–water partition coefficient (Wildman–Crippen LogP) is 8.90. The molecule has 49 heavy (non-hydrogen) atoms. The van der Waals surface area contributed by atoms with Crippen molar-refractivity contribution in [3.05, 3.63) is 0 Å². The molecule has 0 aliphatic heterocycles. The first-order valence-electron chi connectivity index (χ1n) is 20.3. The minimum Gasteiger partial charge on any atom is -0.373 e. The summed E-state index contributed by atoms with van der Waals surface area (Å²) in [6.45, 7) is 30.9. The molecule has 0 saturated heterocycles. The Labute approximate surface area is 307 Å². The van der Waals surface area contributed by atoms with E-state index in [9.17, 15) is 0 Å². The molecule has 0 amide bonds. The molecule has 0 aromatic heterocycles. The molecule has 10 nitrogen and oxygen atoms in total. The highest BCUT2D eigenvalue weighted by molar-refractivity contribution is 6.66. The Hall–Kier alpha value is 0.251. The van der Waals surface area contributed by atoms with E-state index in [1.807, 2.05) is 0 Å². The van der Waals surface area contributed by atoms with E-state index in [-0.39, 0.29) is 17.0 Å². The zero-order valence-corrected chi connectivity index (χ0v) is 37.2. The number of nitrogens with zero attached hydrogens (tertiary/aromatic N) is 1. The van der Waals surface area contributed by atoms with Crippen LogP contribution in [-0.2, 0) is 39.8 Å². The molecule has 0 fully saturated rings. The van der Waals surface area contributed by atoms with Crippen LogP contribution in [0.1, 0.15) is 160 Å². The van der Waals surface area contributed by atoms with Crippen molar-refractivity contribution in [2.75, 3.05) is 59.5 Å². The normalized spacial score (nSPS) is 14.9. The van der Waals surface area contributed by atoms with Crippen LogP contribution in [0.5, 0.6) is 0 Å². The molecule has 0 aliphatic carbocycles. The van der Waals surface area contributed by atoms with Gasteiger partial charge in [-0.15, -0.1) is 0 Å². The molecular formula is C36H81NO9Si3. The summed E-state index contributed by atoms with van der Waals surface area (Å²) in [6, 6.07) is 0. The lowest BCUT2D eigenvalue weighted by Crippen LogP contribution is -2.77. The van der Waals surface area contributed by atoms with Gasteiger partial charge in [0.2, 0.25) is 0 Å². The Morgan fingerprint density at radius 3 is 0.531 bits per heavy atom. The summed E-state index contributed by atoms with van der Waals surface area (Å²) in [4.78, 5) is 2.56. The average Bonchev–Trinajstić information content (AvgIpc) is 3.13. The number of rotatable bonds is 36. The molecule has 0 aliphatic rings. The highest BCUT2D eigenvalue weighted by atomic mass is 28.4. The van der Waals surface area contributed by atoms with E-state index >= 15 is 0 Å².